The quantitative estimate of drug-likeness (QED) is 0.560. The second-order valence-corrected chi connectivity index (χ2v) is 5.42. The van der Waals surface area contributed by atoms with Crippen LogP contribution in [0, 0.1) is 5.41 Å². The number of nitrogens with one attached hydrogen (secondary N) is 1. The normalized spacial score (nSPS) is 26.7. The molecule has 1 saturated heterocycles. The molecule has 2 aliphatic rings. The SMILES string of the molecule is CC1(C)NC(=O)N(CC2(CS)CC2)C1=O. The van der Waals surface area contributed by atoms with E-state index in [4.69, 9.17) is 0 Å². The molecule has 0 radical (unpaired) electrons. The summed E-state index contributed by atoms with van der Waals surface area (Å²) in [7, 11) is 0. The monoisotopic (exact) mass is 228 g/mol. The summed E-state index contributed by atoms with van der Waals surface area (Å²) < 4.78 is 0. The molecule has 1 aliphatic heterocycles. The van der Waals surface area contributed by atoms with Gasteiger partial charge in [-0.3, -0.25) is 9.69 Å². The predicted octanol–water partition coefficient (Wildman–Crippen LogP) is 1.03. The van der Waals surface area contributed by atoms with Gasteiger partial charge in [-0.2, -0.15) is 12.6 Å². The Bertz CT molecular complexity index is 323. The summed E-state index contributed by atoms with van der Waals surface area (Å²) in [5.41, 5.74) is -0.652. The highest BCUT2D eigenvalue weighted by Gasteiger charge is 2.50. The van der Waals surface area contributed by atoms with Gasteiger partial charge in [-0.05, 0) is 37.9 Å². The number of amides is 3. The lowest BCUT2D eigenvalue weighted by Crippen LogP contribution is -2.41. The Labute approximate surface area is 94.8 Å². The summed E-state index contributed by atoms with van der Waals surface area (Å²) >= 11 is 4.27. The molecule has 2 fully saturated rings. The van der Waals surface area contributed by atoms with Crippen LogP contribution in [0.2, 0.25) is 0 Å². The van der Waals surface area contributed by atoms with Crippen molar-refractivity contribution >= 4 is 24.6 Å². The fourth-order valence-corrected chi connectivity index (χ4v) is 2.26. The zero-order chi connectivity index (χ0) is 11.3. The Hall–Kier alpha value is -0.710. The molecule has 0 unspecified atom stereocenters. The molecule has 1 saturated carbocycles. The standard InChI is InChI=1S/C10H16N2O2S/c1-9(2)7(13)12(8(14)11-9)5-10(6-15)3-4-10/h15H,3-6H2,1-2H3,(H,11,14). The van der Waals surface area contributed by atoms with Crippen molar-refractivity contribution in [1.29, 1.82) is 0 Å². The first-order valence-electron chi connectivity index (χ1n) is 5.15. The molecule has 0 aromatic rings. The van der Waals surface area contributed by atoms with Crippen molar-refractivity contribution in [3.05, 3.63) is 0 Å². The second kappa shape index (κ2) is 3.14. The molecule has 84 valence electrons. The molecule has 1 heterocycles. The van der Waals surface area contributed by atoms with Gasteiger partial charge >= 0.3 is 6.03 Å². The number of imide groups is 1. The van der Waals surface area contributed by atoms with Crippen LogP contribution in [0.15, 0.2) is 0 Å². The van der Waals surface area contributed by atoms with Crippen LogP contribution in [0.3, 0.4) is 0 Å². The minimum atomic E-state index is -0.746. The van der Waals surface area contributed by atoms with E-state index in [1.165, 1.54) is 4.90 Å². The van der Waals surface area contributed by atoms with Crippen molar-refractivity contribution < 1.29 is 9.59 Å². The number of urea groups is 1. The minimum Gasteiger partial charge on any atom is -0.324 e. The molecular weight excluding hydrogens is 212 g/mol. The Kier molecular flexibility index (Phi) is 2.26. The van der Waals surface area contributed by atoms with E-state index in [2.05, 4.69) is 17.9 Å². The zero-order valence-electron chi connectivity index (χ0n) is 9.04. The number of hydrogen-bond acceptors (Lipinski definition) is 3. The van der Waals surface area contributed by atoms with Crippen LogP contribution in [-0.4, -0.2) is 34.7 Å². The van der Waals surface area contributed by atoms with E-state index in [9.17, 15) is 9.59 Å². The largest absolute Gasteiger partial charge is 0.325 e. The molecule has 1 aliphatic carbocycles. The van der Waals surface area contributed by atoms with Crippen LogP contribution in [0.1, 0.15) is 26.7 Å². The Morgan fingerprint density at radius 3 is 2.33 bits per heavy atom. The van der Waals surface area contributed by atoms with Gasteiger partial charge < -0.3 is 5.32 Å². The first-order chi connectivity index (χ1) is 6.90. The third kappa shape index (κ3) is 1.73. The van der Waals surface area contributed by atoms with Crippen LogP contribution in [0.4, 0.5) is 4.79 Å². The molecule has 15 heavy (non-hydrogen) atoms. The van der Waals surface area contributed by atoms with E-state index in [0.717, 1.165) is 18.6 Å². The molecule has 0 bridgehead atoms. The first kappa shape index (κ1) is 10.8. The summed E-state index contributed by atoms with van der Waals surface area (Å²) in [4.78, 5) is 24.8. The lowest BCUT2D eigenvalue weighted by molar-refractivity contribution is -0.130. The van der Waals surface area contributed by atoms with Gasteiger partial charge in [0, 0.05) is 6.54 Å². The number of rotatable bonds is 3. The highest BCUT2D eigenvalue weighted by molar-refractivity contribution is 7.80. The third-order valence-electron chi connectivity index (χ3n) is 3.23. The van der Waals surface area contributed by atoms with Gasteiger partial charge in [-0.15, -0.1) is 0 Å². The number of hydrogen-bond donors (Lipinski definition) is 2. The van der Waals surface area contributed by atoms with Crippen molar-refractivity contribution in [2.45, 2.75) is 32.2 Å². The Morgan fingerprint density at radius 2 is 2.00 bits per heavy atom. The second-order valence-electron chi connectivity index (χ2n) is 5.10. The highest BCUT2D eigenvalue weighted by Crippen LogP contribution is 2.47. The maximum Gasteiger partial charge on any atom is 0.325 e. The van der Waals surface area contributed by atoms with E-state index in [1.807, 2.05) is 0 Å². The molecule has 4 nitrogen and oxygen atoms in total. The van der Waals surface area contributed by atoms with Gasteiger partial charge in [-0.1, -0.05) is 0 Å². The van der Waals surface area contributed by atoms with E-state index >= 15 is 0 Å². The van der Waals surface area contributed by atoms with Crippen molar-refractivity contribution in [3.63, 3.8) is 0 Å². The lowest BCUT2D eigenvalue weighted by Gasteiger charge is -2.20. The van der Waals surface area contributed by atoms with Crippen molar-refractivity contribution in [3.8, 4) is 0 Å². The summed E-state index contributed by atoms with van der Waals surface area (Å²) in [6, 6.07) is -0.266. The number of carbonyl (C=O) groups is 2. The maximum atomic E-state index is 11.9. The number of carbonyl (C=O) groups excluding carboxylic acids is 2. The van der Waals surface area contributed by atoms with E-state index in [0.29, 0.717) is 6.54 Å². The summed E-state index contributed by atoms with van der Waals surface area (Å²) in [6.45, 7) is 3.98. The molecule has 5 heteroatoms. The van der Waals surface area contributed by atoms with Gasteiger partial charge in [0.25, 0.3) is 5.91 Å². The Morgan fingerprint density at radius 1 is 1.40 bits per heavy atom. The summed E-state index contributed by atoms with van der Waals surface area (Å²) in [6.07, 6.45) is 2.13. The smallest absolute Gasteiger partial charge is 0.324 e. The lowest BCUT2D eigenvalue weighted by atomic mass is 10.1. The van der Waals surface area contributed by atoms with Crippen LogP contribution >= 0.6 is 12.6 Å². The molecule has 0 spiro atoms. The summed E-state index contributed by atoms with van der Waals surface area (Å²) in [5.74, 6) is 0.616. The predicted molar refractivity (Wildman–Crippen MR) is 59.8 cm³/mol. The van der Waals surface area contributed by atoms with Crippen molar-refractivity contribution in [2.75, 3.05) is 12.3 Å². The van der Waals surface area contributed by atoms with Gasteiger partial charge in [0.15, 0.2) is 0 Å². The van der Waals surface area contributed by atoms with Crippen molar-refractivity contribution in [2.24, 2.45) is 5.41 Å². The van der Waals surface area contributed by atoms with Crippen molar-refractivity contribution in [1.82, 2.24) is 10.2 Å². The van der Waals surface area contributed by atoms with Crippen LogP contribution in [0.5, 0.6) is 0 Å². The fraction of sp³-hybridized carbons (Fsp3) is 0.800. The van der Waals surface area contributed by atoms with Gasteiger partial charge in [0.05, 0.1) is 0 Å². The van der Waals surface area contributed by atoms with E-state index < -0.39 is 5.54 Å². The first-order valence-corrected chi connectivity index (χ1v) is 5.78. The number of thiol groups is 1. The Balaban J connectivity index is 2.10. The van der Waals surface area contributed by atoms with Crippen LogP contribution < -0.4 is 5.32 Å². The van der Waals surface area contributed by atoms with E-state index in [-0.39, 0.29) is 17.4 Å². The molecule has 0 atom stereocenters. The molecule has 2 rings (SSSR count). The van der Waals surface area contributed by atoms with Crippen LogP contribution in [-0.2, 0) is 4.79 Å². The molecule has 1 N–H and O–H groups in total. The molecule has 3 amide bonds. The third-order valence-corrected chi connectivity index (χ3v) is 3.90. The molecule has 0 aromatic heterocycles. The summed E-state index contributed by atoms with van der Waals surface area (Å²) in [5, 5.41) is 2.68. The minimum absolute atomic E-state index is 0.0938. The fourth-order valence-electron chi connectivity index (χ4n) is 1.84. The molecular formula is C10H16N2O2S. The molecule has 0 aromatic carbocycles. The van der Waals surface area contributed by atoms with Gasteiger partial charge in [0.1, 0.15) is 5.54 Å². The van der Waals surface area contributed by atoms with Gasteiger partial charge in [-0.25, -0.2) is 4.79 Å². The van der Waals surface area contributed by atoms with E-state index in [1.54, 1.807) is 13.8 Å². The topological polar surface area (TPSA) is 49.4 Å². The maximum absolute atomic E-state index is 11.9. The number of nitrogens with zero attached hydrogens (tertiary/aromatic N) is 1. The highest BCUT2D eigenvalue weighted by atomic mass is 32.1. The van der Waals surface area contributed by atoms with Crippen LogP contribution in [0.25, 0.3) is 0 Å². The average Bonchev–Trinajstić information content (AvgIpc) is 2.89. The average molecular weight is 228 g/mol. The zero-order valence-corrected chi connectivity index (χ0v) is 9.93. The van der Waals surface area contributed by atoms with Gasteiger partial charge in [0.2, 0.25) is 0 Å².